The van der Waals surface area contributed by atoms with Crippen LogP contribution in [0.2, 0.25) is 0 Å². The van der Waals surface area contributed by atoms with Crippen LogP contribution in [0.4, 0.5) is 0 Å². The molecular weight excluding hydrogens is 238 g/mol. The Kier molecular flexibility index (Phi) is 2.19. The number of nitrogens with one attached hydrogen (secondary N) is 1. The Balaban J connectivity index is 1.90. The summed E-state index contributed by atoms with van der Waals surface area (Å²) < 4.78 is 5.82. The number of hydrogen-bond acceptors (Lipinski definition) is 4. The number of aryl methyl sites for hydroxylation is 1. The van der Waals surface area contributed by atoms with Crippen molar-refractivity contribution in [3.05, 3.63) is 47.3 Å². The van der Waals surface area contributed by atoms with Crippen LogP contribution in [-0.2, 0) is 13.1 Å². The van der Waals surface area contributed by atoms with Crippen LogP contribution in [0.5, 0.6) is 0 Å². The van der Waals surface area contributed by atoms with Gasteiger partial charge in [-0.2, -0.15) is 0 Å². The second-order valence-electron chi connectivity index (χ2n) is 4.81. The summed E-state index contributed by atoms with van der Waals surface area (Å²) in [6.07, 6.45) is 0. The molecule has 4 rings (SSSR count). The number of aromatic nitrogens is 2. The van der Waals surface area contributed by atoms with Gasteiger partial charge in [0.15, 0.2) is 11.6 Å². The lowest BCUT2D eigenvalue weighted by atomic mass is 10.2. The molecule has 3 heterocycles. The lowest BCUT2D eigenvalue weighted by Crippen LogP contribution is -2.00. The molecule has 0 radical (unpaired) electrons. The summed E-state index contributed by atoms with van der Waals surface area (Å²) in [6, 6.07) is 9.96. The Bertz CT molecular complexity index is 743. The van der Waals surface area contributed by atoms with Crippen molar-refractivity contribution in [2.24, 2.45) is 0 Å². The van der Waals surface area contributed by atoms with Crippen LogP contribution in [0.25, 0.3) is 22.6 Å². The van der Waals surface area contributed by atoms with Crippen LogP contribution in [0.1, 0.15) is 17.0 Å². The summed E-state index contributed by atoms with van der Waals surface area (Å²) >= 11 is 0. The Labute approximate surface area is 110 Å². The third-order valence-electron chi connectivity index (χ3n) is 3.54. The van der Waals surface area contributed by atoms with E-state index in [0.717, 1.165) is 41.2 Å². The van der Waals surface area contributed by atoms with Crippen molar-refractivity contribution in [3.63, 3.8) is 0 Å². The fraction of sp³-hybridized carbons (Fsp3) is 0.200. The molecule has 0 saturated carbocycles. The van der Waals surface area contributed by atoms with Gasteiger partial charge in [-0.15, -0.1) is 0 Å². The first-order valence-corrected chi connectivity index (χ1v) is 6.37. The maximum atomic E-state index is 5.82. The third-order valence-corrected chi connectivity index (χ3v) is 3.54. The van der Waals surface area contributed by atoms with E-state index in [1.54, 1.807) is 0 Å². The molecule has 0 aliphatic carbocycles. The van der Waals surface area contributed by atoms with Crippen molar-refractivity contribution in [3.8, 4) is 11.6 Å². The lowest BCUT2D eigenvalue weighted by Gasteiger charge is -2.03. The first kappa shape index (κ1) is 10.7. The number of nitrogens with zero attached hydrogens (tertiary/aromatic N) is 2. The van der Waals surface area contributed by atoms with Gasteiger partial charge in [-0.1, -0.05) is 18.2 Å². The molecule has 1 aliphatic rings. The average molecular weight is 251 g/mol. The second kappa shape index (κ2) is 3.90. The minimum Gasteiger partial charge on any atom is -0.453 e. The second-order valence-corrected chi connectivity index (χ2v) is 4.81. The highest BCUT2D eigenvalue weighted by molar-refractivity contribution is 5.81. The highest BCUT2D eigenvalue weighted by Gasteiger charge is 2.18. The van der Waals surface area contributed by atoms with Gasteiger partial charge in [0.1, 0.15) is 5.58 Å². The summed E-state index contributed by atoms with van der Waals surface area (Å²) in [7, 11) is 0. The van der Waals surface area contributed by atoms with Gasteiger partial charge in [0.2, 0.25) is 0 Å². The Hall–Kier alpha value is -2.20. The van der Waals surface area contributed by atoms with Gasteiger partial charge in [-0.05, 0) is 19.1 Å². The molecule has 0 bridgehead atoms. The van der Waals surface area contributed by atoms with E-state index in [9.17, 15) is 0 Å². The maximum Gasteiger partial charge on any atom is 0.196 e. The van der Waals surface area contributed by atoms with Crippen LogP contribution < -0.4 is 5.32 Å². The van der Waals surface area contributed by atoms with Crippen LogP contribution in [0, 0.1) is 6.92 Å². The van der Waals surface area contributed by atoms with Gasteiger partial charge in [-0.3, -0.25) is 0 Å². The maximum absolute atomic E-state index is 5.82. The first-order valence-electron chi connectivity index (χ1n) is 6.37. The van der Waals surface area contributed by atoms with E-state index >= 15 is 0 Å². The Morgan fingerprint density at radius 2 is 2.05 bits per heavy atom. The molecule has 0 amide bonds. The SMILES string of the molecule is Cc1nc(-c2cc3ccccc3o2)nc2c1CNC2. The predicted molar refractivity (Wildman–Crippen MR) is 72.5 cm³/mol. The fourth-order valence-corrected chi connectivity index (χ4v) is 2.54. The molecule has 0 spiro atoms. The van der Waals surface area contributed by atoms with E-state index < -0.39 is 0 Å². The molecule has 19 heavy (non-hydrogen) atoms. The van der Waals surface area contributed by atoms with Crippen molar-refractivity contribution < 1.29 is 4.42 Å². The van der Waals surface area contributed by atoms with Crippen LogP contribution in [-0.4, -0.2) is 9.97 Å². The third kappa shape index (κ3) is 1.64. The van der Waals surface area contributed by atoms with Crippen molar-refractivity contribution in [2.45, 2.75) is 20.0 Å². The van der Waals surface area contributed by atoms with Crippen molar-refractivity contribution in [2.75, 3.05) is 0 Å². The van der Waals surface area contributed by atoms with Crippen LogP contribution >= 0.6 is 0 Å². The summed E-state index contributed by atoms with van der Waals surface area (Å²) in [6.45, 7) is 3.70. The molecule has 1 N–H and O–H groups in total. The summed E-state index contributed by atoms with van der Waals surface area (Å²) in [5.74, 6) is 1.41. The van der Waals surface area contributed by atoms with E-state index in [1.165, 1.54) is 5.56 Å². The molecule has 4 nitrogen and oxygen atoms in total. The largest absolute Gasteiger partial charge is 0.453 e. The topological polar surface area (TPSA) is 51.0 Å². The fourth-order valence-electron chi connectivity index (χ4n) is 2.54. The van der Waals surface area contributed by atoms with E-state index in [-0.39, 0.29) is 0 Å². The van der Waals surface area contributed by atoms with Crippen molar-refractivity contribution in [1.29, 1.82) is 0 Å². The minimum atomic E-state index is 0.677. The molecule has 3 aromatic rings. The van der Waals surface area contributed by atoms with E-state index in [2.05, 4.69) is 15.3 Å². The molecule has 1 aliphatic heterocycles. The van der Waals surface area contributed by atoms with Gasteiger partial charge >= 0.3 is 0 Å². The quantitative estimate of drug-likeness (QED) is 0.722. The van der Waals surface area contributed by atoms with Crippen molar-refractivity contribution in [1.82, 2.24) is 15.3 Å². The average Bonchev–Trinajstić information content (AvgIpc) is 3.04. The van der Waals surface area contributed by atoms with E-state index in [1.807, 2.05) is 37.3 Å². The summed E-state index contributed by atoms with van der Waals surface area (Å²) in [5, 5.41) is 4.38. The van der Waals surface area contributed by atoms with E-state index in [4.69, 9.17) is 4.42 Å². The number of furan rings is 1. The molecule has 94 valence electrons. The Morgan fingerprint density at radius 3 is 2.95 bits per heavy atom. The van der Waals surface area contributed by atoms with Gasteiger partial charge in [-0.25, -0.2) is 9.97 Å². The molecule has 0 atom stereocenters. The van der Waals surface area contributed by atoms with Gasteiger partial charge < -0.3 is 9.73 Å². The summed E-state index contributed by atoms with van der Waals surface area (Å²) in [5.41, 5.74) is 4.21. The van der Waals surface area contributed by atoms with Crippen molar-refractivity contribution >= 4 is 11.0 Å². The zero-order valence-electron chi connectivity index (χ0n) is 10.6. The van der Waals surface area contributed by atoms with E-state index in [0.29, 0.717) is 5.82 Å². The zero-order chi connectivity index (χ0) is 12.8. The smallest absolute Gasteiger partial charge is 0.196 e. The molecule has 1 aromatic carbocycles. The van der Waals surface area contributed by atoms with Gasteiger partial charge in [0, 0.05) is 29.7 Å². The molecular formula is C15H13N3O. The van der Waals surface area contributed by atoms with Crippen LogP contribution in [0.15, 0.2) is 34.7 Å². The number of para-hydroxylation sites is 1. The Morgan fingerprint density at radius 1 is 1.16 bits per heavy atom. The van der Waals surface area contributed by atoms with Crippen LogP contribution in [0.3, 0.4) is 0 Å². The normalized spacial score (nSPS) is 13.9. The highest BCUT2D eigenvalue weighted by Crippen LogP contribution is 2.27. The lowest BCUT2D eigenvalue weighted by molar-refractivity contribution is 0.624. The number of fused-ring (bicyclic) bond motifs is 2. The zero-order valence-corrected chi connectivity index (χ0v) is 10.6. The first-order chi connectivity index (χ1) is 9.31. The molecule has 0 fully saturated rings. The highest BCUT2D eigenvalue weighted by atomic mass is 16.3. The number of rotatable bonds is 1. The van der Waals surface area contributed by atoms with Gasteiger partial charge in [0.25, 0.3) is 0 Å². The summed E-state index contributed by atoms with van der Waals surface area (Å²) in [4.78, 5) is 9.18. The minimum absolute atomic E-state index is 0.677. The molecule has 0 unspecified atom stereocenters. The molecule has 4 heteroatoms. The van der Waals surface area contributed by atoms with Gasteiger partial charge in [0.05, 0.1) is 5.69 Å². The predicted octanol–water partition coefficient (Wildman–Crippen LogP) is 2.80. The number of hydrogen-bond donors (Lipinski definition) is 1. The molecule has 2 aromatic heterocycles. The number of benzene rings is 1. The molecule has 0 saturated heterocycles. The standard InChI is InChI=1S/C15H13N3O/c1-9-11-7-16-8-12(11)18-15(17-9)14-6-10-4-2-3-5-13(10)19-14/h2-6,16H,7-8H2,1H3. The monoisotopic (exact) mass is 251 g/mol.